The van der Waals surface area contributed by atoms with E-state index in [2.05, 4.69) is 30.2 Å². The Kier molecular flexibility index (Phi) is 6.84. The summed E-state index contributed by atoms with van der Waals surface area (Å²) in [7, 11) is 1.63. The van der Waals surface area contributed by atoms with Crippen molar-refractivity contribution in [1.82, 2.24) is 15.2 Å². The molecule has 1 atom stereocenters. The molecule has 32 heavy (non-hydrogen) atoms. The lowest BCUT2D eigenvalue weighted by atomic mass is 9.92. The third kappa shape index (κ3) is 4.99. The number of amides is 2. The maximum atomic E-state index is 13.0. The van der Waals surface area contributed by atoms with Crippen molar-refractivity contribution in [1.29, 1.82) is 0 Å². The number of thiophene rings is 1. The summed E-state index contributed by atoms with van der Waals surface area (Å²) in [5, 5.41) is 6.27. The van der Waals surface area contributed by atoms with Gasteiger partial charge >= 0.3 is 0 Å². The van der Waals surface area contributed by atoms with Crippen molar-refractivity contribution in [3.8, 4) is 5.75 Å². The van der Waals surface area contributed by atoms with Crippen LogP contribution >= 0.6 is 11.3 Å². The number of carbonyl (C=O) groups is 2. The van der Waals surface area contributed by atoms with Gasteiger partial charge in [0.1, 0.15) is 11.4 Å². The average Bonchev–Trinajstić information content (AvgIpc) is 3.46. The minimum absolute atomic E-state index is 0.0145. The molecule has 0 bridgehead atoms. The summed E-state index contributed by atoms with van der Waals surface area (Å²) in [6, 6.07) is 11.8. The van der Waals surface area contributed by atoms with Crippen molar-refractivity contribution in [2.75, 3.05) is 20.2 Å². The molecule has 3 aromatic rings. The highest BCUT2D eigenvalue weighted by molar-refractivity contribution is 7.10. The molecule has 1 fully saturated rings. The van der Waals surface area contributed by atoms with Crippen LogP contribution in [0.15, 0.2) is 41.8 Å². The molecule has 1 aliphatic heterocycles. The van der Waals surface area contributed by atoms with E-state index in [0.29, 0.717) is 37.0 Å². The molecule has 0 radical (unpaired) electrons. The summed E-state index contributed by atoms with van der Waals surface area (Å²) in [6.07, 6.45) is 2.21. The number of hydrogen-bond donors (Lipinski definition) is 2. The zero-order chi connectivity index (χ0) is 22.7. The number of fused-ring (bicyclic) bond motifs is 1. The van der Waals surface area contributed by atoms with Gasteiger partial charge in [-0.25, -0.2) is 0 Å². The van der Waals surface area contributed by atoms with Gasteiger partial charge in [0, 0.05) is 41.4 Å². The zero-order valence-electron chi connectivity index (χ0n) is 18.9. The second kappa shape index (κ2) is 9.77. The number of aromatic amines is 1. The summed E-state index contributed by atoms with van der Waals surface area (Å²) in [5.74, 6) is 1.53. The number of likely N-dealkylation sites (tertiary alicyclic amines) is 1. The van der Waals surface area contributed by atoms with Gasteiger partial charge in [-0.05, 0) is 54.3 Å². The summed E-state index contributed by atoms with van der Waals surface area (Å²) in [5.41, 5.74) is 1.49. The molecule has 2 aromatic heterocycles. The Labute approximate surface area is 193 Å². The maximum Gasteiger partial charge on any atom is 0.270 e. The third-order valence-corrected chi connectivity index (χ3v) is 7.22. The van der Waals surface area contributed by atoms with Gasteiger partial charge in [0.15, 0.2) is 0 Å². The third-order valence-electron chi connectivity index (χ3n) is 6.27. The predicted molar refractivity (Wildman–Crippen MR) is 128 cm³/mol. The van der Waals surface area contributed by atoms with Crippen molar-refractivity contribution in [2.45, 2.75) is 39.2 Å². The highest BCUT2D eigenvalue weighted by atomic mass is 32.1. The van der Waals surface area contributed by atoms with Crippen LogP contribution in [0.1, 0.15) is 54.5 Å². The van der Waals surface area contributed by atoms with E-state index in [1.807, 2.05) is 40.6 Å². The van der Waals surface area contributed by atoms with Gasteiger partial charge in [-0.1, -0.05) is 19.9 Å². The average molecular weight is 454 g/mol. The second-order valence-corrected chi connectivity index (χ2v) is 9.86. The van der Waals surface area contributed by atoms with Crippen LogP contribution < -0.4 is 10.1 Å². The second-order valence-electron chi connectivity index (χ2n) is 8.88. The Hall–Kier alpha value is -2.80. The Morgan fingerprint density at radius 2 is 2.00 bits per heavy atom. The first-order valence-electron chi connectivity index (χ1n) is 11.2. The Morgan fingerprint density at radius 3 is 2.66 bits per heavy atom. The van der Waals surface area contributed by atoms with E-state index in [1.165, 1.54) is 4.88 Å². The van der Waals surface area contributed by atoms with Crippen LogP contribution in [0.4, 0.5) is 0 Å². The van der Waals surface area contributed by atoms with Crippen LogP contribution in [0.3, 0.4) is 0 Å². The minimum Gasteiger partial charge on any atom is -0.497 e. The number of aromatic nitrogens is 1. The van der Waals surface area contributed by atoms with Crippen LogP contribution in [-0.4, -0.2) is 41.9 Å². The van der Waals surface area contributed by atoms with Gasteiger partial charge < -0.3 is 19.9 Å². The van der Waals surface area contributed by atoms with Crippen molar-refractivity contribution < 1.29 is 14.3 Å². The molecule has 170 valence electrons. The van der Waals surface area contributed by atoms with Gasteiger partial charge in [-0.2, -0.15) is 0 Å². The predicted octanol–water partition coefficient (Wildman–Crippen LogP) is 4.99. The fourth-order valence-electron chi connectivity index (χ4n) is 4.39. The topological polar surface area (TPSA) is 74.4 Å². The quantitative estimate of drug-likeness (QED) is 0.529. The number of ether oxygens (including phenoxy) is 1. The highest BCUT2D eigenvalue weighted by Crippen LogP contribution is 2.28. The van der Waals surface area contributed by atoms with Gasteiger partial charge in [0.25, 0.3) is 5.91 Å². The number of nitrogens with zero attached hydrogens (tertiary/aromatic N) is 1. The van der Waals surface area contributed by atoms with E-state index in [9.17, 15) is 9.59 Å². The lowest BCUT2D eigenvalue weighted by Gasteiger charge is -2.32. The molecule has 2 N–H and O–H groups in total. The molecule has 1 aromatic carbocycles. The summed E-state index contributed by atoms with van der Waals surface area (Å²) in [6.45, 7) is 5.62. The highest BCUT2D eigenvalue weighted by Gasteiger charge is 2.27. The monoisotopic (exact) mass is 453 g/mol. The van der Waals surface area contributed by atoms with Crippen LogP contribution in [0, 0.1) is 11.8 Å². The first-order chi connectivity index (χ1) is 15.4. The molecule has 4 rings (SSSR count). The molecule has 0 saturated carbocycles. The maximum absolute atomic E-state index is 13.0. The number of piperidine rings is 1. The number of H-pyrrole nitrogens is 1. The molecular formula is C25H31N3O3S. The lowest BCUT2D eigenvalue weighted by molar-refractivity contribution is -0.123. The van der Waals surface area contributed by atoms with E-state index < -0.39 is 0 Å². The Bertz CT molecular complexity index is 1070. The largest absolute Gasteiger partial charge is 0.497 e. The summed E-state index contributed by atoms with van der Waals surface area (Å²) in [4.78, 5) is 32.0. The molecule has 1 aliphatic rings. The van der Waals surface area contributed by atoms with E-state index in [1.54, 1.807) is 18.4 Å². The summed E-state index contributed by atoms with van der Waals surface area (Å²) >= 11 is 1.68. The Morgan fingerprint density at radius 1 is 1.22 bits per heavy atom. The molecule has 0 spiro atoms. The smallest absolute Gasteiger partial charge is 0.270 e. The number of methoxy groups -OCH3 is 1. The van der Waals surface area contributed by atoms with Crippen LogP contribution in [0.5, 0.6) is 5.75 Å². The summed E-state index contributed by atoms with van der Waals surface area (Å²) < 4.78 is 5.26. The fraction of sp³-hybridized carbons (Fsp3) is 0.440. The molecule has 7 heteroatoms. The van der Waals surface area contributed by atoms with Crippen LogP contribution in [0.2, 0.25) is 0 Å². The molecule has 1 unspecified atom stereocenters. The van der Waals surface area contributed by atoms with E-state index >= 15 is 0 Å². The van der Waals surface area contributed by atoms with Crippen LogP contribution in [0.25, 0.3) is 10.9 Å². The molecule has 3 heterocycles. The number of rotatable bonds is 7. The molecule has 0 aliphatic carbocycles. The van der Waals surface area contributed by atoms with Crippen molar-refractivity contribution in [3.05, 3.63) is 52.3 Å². The molecule has 6 nitrogen and oxygen atoms in total. The lowest BCUT2D eigenvalue weighted by Crippen LogP contribution is -2.40. The van der Waals surface area contributed by atoms with Gasteiger partial charge in [-0.15, -0.1) is 11.3 Å². The first kappa shape index (κ1) is 22.4. The zero-order valence-corrected chi connectivity index (χ0v) is 19.7. The molecular weight excluding hydrogens is 422 g/mol. The van der Waals surface area contributed by atoms with E-state index in [4.69, 9.17) is 4.74 Å². The van der Waals surface area contributed by atoms with Gasteiger partial charge in [-0.3, -0.25) is 9.59 Å². The van der Waals surface area contributed by atoms with Crippen molar-refractivity contribution in [3.63, 3.8) is 0 Å². The first-order valence-corrected chi connectivity index (χ1v) is 12.1. The normalized spacial score (nSPS) is 15.8. The van der Waals surface area contributed by atoms with E-state index in [-0.39, 0.29) is 17.9 Å². The van der Waals surface area contributed by atoms with E-state index in [0.717, 1.165) is 29.5 Å². The van der Waals surface area contributed by atoms with Gasteiger partial charge in [0.05, 0.1) is 13.2 Å². The molecule has 1 saturated heterocycles. The number of carbonyl (C=O) groups excluding carboxylic acids is 2. The standard InChI is InChI=1S/C25H31N3O3S/c1-16(2)24(22-5-4-12-32-22)27-23(29)13-17-8-10-28(11-9-17)25(30)21-14-18-6-7-19(31-3)15-20(18)26-21/h4-7,12,14-17,24,26H,8-11,13H2,1-3H3,(H,27,29). The number of hydrogen-bond acceptors (Lipinski definition) is 4. The minimum atomic E-state index is 0.0145. The van der Waals surface area contributed by atoms with Crippen molar-refractivity contribution in [2.24, 2.45) is 11.8 Å². The number of nitrogens with one attached hydrogen (secondary N) is 2. The fourth-order valence-corrected chi connectivity index (χ4v) is 5.34. The Balaban J connectivity index is 1.31. The number of benzene rings is 1. The van der Waals surface area contributed by atoms with Crippen molar-refractivity contribution >= 4 is 34.1 Å². The van der Waals surface area contributed by atoms with Gasteiger partial charge in [0.2, 0.25) is 5.91 Å². The van der Waals surface area contributed by atoms with Crippen LogP contribution in [-0.2, 0) is 4.79 Å². The SMILES string of the molecule is COc1ccc2cc(C(=O)N3CCC(CC(=O)NC(c4cccs4)C(C)C)CC3)[nH]c2c1. The molecule has 2 amide bonds.